The van der Waals surface area contributed by atoms with Gasteiger partial charge >= 0.3 is 0 Å². The maximum atomic E-state index is 5.86. The largest absolute Gasteiger partial charge is 0.472 e. The van der Waals surface area contributed by atoms with Crippen molar-refractivity contribution in [1.29, 1.82) is 0 Å². The number of fused-ring (bicyclic) bond motifs is 1. The lowest BCUT2D eigenvalue weighted by molar-refractivity contribution is 0.297. The van der Waals surface area contributed by atoms with Crippen LogP contribution in [0.2, 0.25) is 5.28 Å². The van der Waals surface area contributed by atoms with Crippen molar-refractivity contribution in [2.45, 2.75) is 6.61 Å². The molecular formula is C14H10ClN3O. The zero-order valence-electron chi connectivity index (χ0n) is 9.95. The number of halogens is 1. The van der Waals surface area contributed by atoms with Gasteiger partial charge in [0.15, 0.2) is 5.65 Å². The third-order valence-corrected chi connectivity index (χ3v) is 2.80. The molecule has 0 N–H and O–H groups in total. The Balaban J connectivity index is 1.92. The third-order valence-electron chi connectivity index (χ3n) is 2.63. The van der Waals surface area contributed by atoms with E-state index in [2.05, 4.69) is 15.0 Å². The highest BCUT2D eigenvalue weighted by Crippen LogP contribution is 2.23. The smallest absolute Gasteiger partial charge is 0.227 e. The van der Waals surface area contributed by atoms with Gasteiger partial charge in [-0.1, -0.05) is 30.3 Å². The predicted octanol–water partition coefficient (Wildman–Crippen LogP) is 3.26. The van der Waals surface area contributed by atoms with Crippen LogP contribution in [0.3, 0.4) is 0 Å². The number of rotatable bonds is 3. The lowest BCUT2D eigenvalue weighted by atomic mass is 10.2. The molecule has 0 spiro atoms. The molecule has 2 aromatic heterocycles. The molecule has 0 aliphatic heterocycles. The van der Waals surface area contributed by atoms with E-state index in [1.165, 1.54) is 0 Å². The zero-order valence-corrected chi connectivity index (χ0v) is 10.7. The van der Waals surface area contributed by atoms with E-state index in [0.717, 1.165) is 10.9 Å². The Morgan fingerprint density at radius 2 is 1.84 bits per heavy atom. The number of hydrogen-bond acceptors (Lipinski definition) is 4. The van der Waals surface area contributed by atoms with E-state index in [0.29, 0.717) is 18.1 Å². The molecule has 2 heterocycles. The minimum atomic E-state index is 0.134. The Bertz CT molecular complexity index is 703. The van der Waals surface area contributed by atoms with Crippen molar-refractivity contribution in [1.82, 2.24) is 15.0 Å². The zero-order chi connectivity index (χ0) is 13.1. The van der Waals surface area contributed by atoms with Gasteiger partial charge in [-0.2, -0.15) is 9.97 Å². The molecule has 94 valence electrons. The summed E-state index contributed by atoms with van der Waals surface area (Å²) in [5.41, 5.74) is 1.60. The highest BCUT2D eigenvalue weighted by molar-refractivity contribution is 6.28. The first-order chi connectivity index (χ1) is 9.33. The molecular weight excluding hydrogens is 262 g/mol. The van der Waals surface area contributed by atoms with Gasteiger partial charge < -0.3 is 4.74 Å². The summed E-state index contributed by atoms with van der Waals surface area (Å²) in [5.74, 6) is 0.451. The Kier molecular flexibility index (Phi) is 3.25. The normalized spacial score (nSPS) is 10.6. The van der Waals surface area contributed by atoms with Crippen molar-refractivity contribution in [3.8, 4) is 5.88 Å². The van der Waals surface area contributed by atoms with E-state index in [1.54, 1.807) is 6.20 Å². The molecule has 0 aliphatic rings. The molecule has 0 unspecified atom stereocenters. The topological polar surface area (TPSA) is 47.9 Å². The van der Waals surface area contributed by atoms with E-state index in [1.807, 2.05) is 42.5 Å². The van der Waals surface area contributed by atoms with Crippen molar-refractivity contribution in [3.05, 3.63) is 59.5 Å². The van der Waals surface area contributed by atoms with Gasteiger partial charge in [0.05, 0.1) is 5.39 Å². The summed E-state index contributed by atoms with van der Waals surface area (Å²) in [5, 5.41) is 0.886. The van der Waals surface area contributed by atoms with Crippen molar-refractivity contribution in [3.63, 3.8) is 0 Å². The monoisotopic (exact) mass is 271 g/mol. The van der Waals surface area contributed by atoms with Crippen molar-refractivity contribution < 1.29 is 4.74 Å². The molecule has 4 nitrogen and oxygen atoms in total. The summed E-state index contributed by atoms with van der Waals surface area (Å²) in [6.07, 6.45) is 1.66. The van der Waals surface area contributed by atoms with Gasteiger partial charge in [0, 0.05) is 6.20 Å². The molecule has 5 heteroatoms. The summed E-state index contributed by atoms with van der Waals surface area (Å²) >= 11 is 5.86. The minimum absolute atomic E-state index is 0.134. The Morgan fingerprint density at radius 3 is 2.68 bits per heavy atom. The second-order valence-electron chi connectivity index (χ2n) is 3.95. The fourth-order valence-corrected chi connectivity index (χ4v) is 1.90. The summed E-state index contributed by atoms with van der Waals surface area (Å²) in [4.78, 5) is 12.3. The first kappa shape index (κ1) is 11.9. The summed E-state index contributed by atoms with van der Waals surface area (Å²) in [6, 6.07) is 13.5. The second-order valence-corrected chi connectivity index (χ2v) is 4.28. The van der Waals surface area contributed by atoms with E-state index < -0.39 is 0 Å². The molecule has 19 heavy (non-hydrogen) atoms. The van der Waals surface area contributed by atoms with Crippen molar-refractivity contribution >= 4 is 22.6 Å². The van der Waals surface area contributed by atoms with Crippen LogP contribution in [0.15, 0.2) is 48.7 Å². The SMILES string of the molecule is Clc1nc(OCc2ccccc2)c2cccnc2n1. The highest BCUT2D eigenvalue weighted by atomic mass is 35.5. The van der Waals surface area contributed by atoms with Gasteiger partial charge in [0.2, 0.25) is 11.2 Å². The van der Waals surface area contributed by atoms with E-state index in [4.69, 9.17) is 16.3 Å². The third kappa shape index (κ3) is 2.63. The molecule has 1 aromatic carbocycles. The molecule has 0 radical (unpaired) electrons. The van der Waals surface area contributed by atoms with Gasteiger partial charge in [-0.25, -0.2) is 4.98 Å². The van der Waals surface area contributed by atoms with Crippen LogP contribution < -0.4 is 4.74 Å². The predicted molar refractivity (Wildman–Crippen MR) is 73.1 cm³/mol. The molecule has 3 aromatic rings. The van der Waals surface area contributed by atoms with Gasteiger partial charge in [-0.15, -0.1) is 0 Å². The van der Waals surface area contributed by atoms with Crippen LogP contribution in [-0.2, 0) is 6.61 Å². The fourth-order valence-electron chi connectivity index (χ4n) is 1.75. The first-order valence-electron chi connectivity index (χ1n) is 5.78. The number of nitrogens with zero attached hydrogens (tertiary/aromatic N) is 3. The van der Waals surface area contributed by atoms with Crippen molar-refractivity contribution in [2.75, 3.05) is 0 Å². The fraction of sp³-hybridized carbons (Fsp3) is 0.0714. The number of aromatic nitrogens is 3. The van der Waals surface area contributed by atoms with Gasteiger partial charge in [0.25, 0.3) is 0 Å². The first-order valence-corrected chi connectivity index (χ1v) is 6.16. The average Bonchev–Trinajstić information content (AvgIpc) is 2.45. The van der Waals surface area contributed by atoms with Crippen LogP contribution in [0.1, 0.15) is 5.56 Å². The van der Waals surface area contributed by atoms with Crippen LogP contribution in [0.25, 0.3) is 11.0 Å². The van der Waals surface area contributed by atoms with Gasteiger partial charge in [-0.3, -0.25) is 0 Å². The Hall–Kier alpha value is -2.20. The number of ether oxygens (including phenoxy) is 1. The van der Waals surface area contributed by atoms with Gasteiger partial charge in [0.1, 0.15) is 6.61 Å². The lowest BCUT2D eigenvalue weighted by Gasteiger charge is -2.07. The van der Waals surface area contributed by atoms with Crippen LogP contribution in [0, 0.1) is 0 Å². The van der Waals surface area contributed by atoms with Crippen LogP contribution in [0.5, 0.6) is 5.88 Å². The molecule has 0 saturated heterocycles. The van der Waals surface area contributed by atoms with Crippen LogP contribution in [0.4, 0.5) is 0 Å². The van der Waals surface area contributed by atoms with Crippen molar-refractivity contribution in [2.24, 2.45) is 0 Å². The molecule has 0 aliphatic carbocycles. The standard InChI is InChI=1S/C14H10ClN3O/c15-14-17-12-11(7-4-8-16-12)13(18-14)19-9-10-5-2-1-3-6-10/h1-8H,9H2. The Morgan fingerprint density at radius 1 is 1.00 bits per heavy atom. The summed E-state index contributed by atoms with van der Waals surface area (Å²) in [7, 11) is 0. The molecule has 0 bridgehead atoms. The van der Waals surface area contributed by atoms with E-state index in [9.17, 15) is 0 Å². The van der Waals surface area contributed by atoms with Gasteiger partial charge in [-0.05, 0) is 29.3 Å². The maximum absolute atomic E-state index is 5.86. The lowest BCUT2D eigenvalue weighted by Crippen LogP contribution is -1.99. The molecule has 0 atom stereocenters. The summed E-state index contributed by atoms with van der Waals surface area (Å²) < 4.78 is 5.71. The highest BCUT2D eigenvalue weighted by Gasteiger charge is 2.08. The van der Waals surface area contributed by atoms with E-state index >= 15 is 0 Å². The Labute approximate surface area is 115 Å². The quantitative estimate of drug-likeness (QED) is 0.686. The molecule has 0 saturated carbocycles. The maximum Gasteiger partial charge on any atom is 0.227 e. The van der Waals surface area contributed by atoms with Crippen LogP contribution in [-0.4, -0.2) is 15.0 Å². The number of hydrogen-bond donors (Lipinski definition) is 0. The average molecular weight is 272 g/mol. The number of benzene rings is 1. The summed E-state index contributed by atoms with van der Waals surface area (Å²) in [6.45, 7) is 0.429. The second kappa shape index (κ2) is 5.20. The van der Waals surface area contributed by atoms with E-state index in [-0.39, 0.29) is 5.28 Å². The molecule has 0 amide bonds. The molecule has 0 fully saturated rings. The van der Waals surface area contributed by atoms with Crippen LogP contribution >= 0.6 is 11.6 Å². The minimum Gasteiger partial charge on any atom is -0.472 e. The molecule has 3 rings (SSSR count). The number of pyridine rings is 1.